The second kappa shape index (κ2) is 4.86. The zero-order chi connectivity index (χ0) is 16.1. The standard InChI is InChI=1S/C16H20BNO4/c1-15(2)16(3,4)22-17(21-15)10-6-7-11-12(14(19)20-5)9-18-13(11)8-10/h6-9,18H,1-5H3. The first-order chi connectivity index (χ1) is 10.2. The van der Waals surface area contributed by atoms with Crippen molar-refractivity contribution in [1.82, 2.24) is 4.98 Å². The molecule has 3 rings (SSSR count). The molecule has 1 fully saturated rings. The second-order valence-corrected chi connectivity index (χ2v) is 6.59. The average Bonchev–Trinajstić information content (AvgIpc) is 2.96. The number of H-pyrrole nitrogens is 1. The lowest BCUT2D eigenvalue weighted by Crippen LogP contribution is -2.41. The van der Waals surface area contributed by atoms with Crippen molar-refractivity contribution in [1.29, 1.82) is 0 Å². The number of nitrogens with one attached hydrogen (secondary N) is 1. The molecule has 2 aromatic rings. The second-order valence-electron chi connectivity index (χ2n) is 6.59. The number of benzene rings is 1. The summed E-state index contributed by atoms with van der Waals surface area (Å²) in [6, 6.07) is 5.76. The van der Waals surface area contributed by atoms with Crippen LogP contribution < -0.4 is 5.46 Å². The fraction of sp³-hybridized carbons (Fsp3) is 0.438. The molecule has 116 valence electrons. The first kappa shape index (κ1) is 15.1. The van der Waals surface area contributed by atoms with Crippen molar-refractivity contribution >= 4 is 29.5 Å². The van der Waals surface area contributed by atoms with Crippen LogP contribution in [0.1, 0.15) is 38.1 Å². The van der Waals surface area contributed by atoms with E-state index in [0.717, 1.165) is 16.4 Å². The zero-order valence-electron chi connectivity index (χ0n) is 13.5. The number of hydrogen-bond donors (Lipinski definition) is 1. The maximum absolute atomic E-state index is 11.7. The molecule has 1 saturated heterocycles. The molecule has 1 N–H and O–H groups in total. The van der Waals surface area contributed by atoms with Crippen LogP contribution >= 0.6 is 0 Å². The third-order valence-corrected chi connectivity index (χ3v) is 4.64. The zero-order valence-corrected chi connectivity index (χ0v) is 13.5. The number of esters is 1. The van der Waals surface area contributed by atoms with E-state index < -0.39 is 7.12 Å². The van der Waals surface area contributed by atoms with E-state index in [1.54, 1.807) is 6.20 Å². The number of fused-ring (bicyclic) bond motifs is 1. The van der Waals surface area contributed by atoms with Crippen LogP contribution in [0, 0.1) is 0 Å². The summed E-state index contributed by atoms with van der Waals surface area (Å²) in [7, 11) is 0.958. The van der Waals surface area contributed by atoms with Gasteiger partial charge in [0.2, 0.25) is 0 Å². The van der Waals surface area contributed by atoms with Gasteiger partial charge < -0.3 is 19.0 Å². The summed E-state index contributed by atoms with van der Waals surface area (Å²) in [6.07, 6.45) is 1.66. The molecule has 0 atom stereocenters. The molecule has 0 unspecified atom stereocenters. The minimum Gasteiger partial charge on any atom is -0.465 e. The highest BCUT2D eigenvalue weighted by molar-refractivity contribution is 6.62. The largest absolute Gasteiger partial charge is 0.494 e. The van der Waals surface area contributed by atoms with Crippen molar-refractivity contribution in [3.8, 4) is 0 Å². The number of aromatic amines is 1. The number of aromatic nitrogens is 1. The average molecular weight is 301 g/mol. The number of carbonyl (C=O) groups is 1. The van der Waals surface area contributed by atoms with Crippen LogP contribution in [0.2, 0.25) is 0 Å². The Balaban J connectivity index is 1.96. The van der Waals surface area contributed by atoms with Crippen LogP contribution in [-0.2, 0) is 14.0 Å². The highest BCUT2D eigenvalue weighted by Crippen LogP contribution is 2.36. The molecule has 22 heavy (non-hydrogen) atoms. The Morgan fingerprint density at radius 3 is 2.41 bits per heavy atom. The monoisotopic (exact) mass is 301 g/mol. The maximum Gasteiger partial charge on any atom is 0.494 e. The molecule has 0 bridgehead atoms. The molecule has 0 spiro atoms. The minimum atomic E-state index is -0.417. The summed E-state index contributed by atoms with van der Waals surface area (Å²) in [5.74, 6) is -0.352. The van der Waals surface area contributed by atoms with E-state index in [1.807, 2.05) is 45.9 Å². The number of carbonyl (C=O) groups excluding carboxylic acids is 1. The van der Waals surface area contributed by atoms with Gasteiger partial charge >= 0.3 is 13.1 Å². The van der Waals surface area contributed by atoms with E-state index in [1.165, 1.54) is 7.11 Å². The predicted molar refractivity (Wildman–Crippen MR) is 85.4 cm³/mol. The van der Waals surface area contributed by atoms with Crippen molar-refractivity contribution in [2.45, 2.75) is 38.9 Å². The Morgan fingerprint density at radius 1 is 1.18 bits per heavy atom. The summed E-state index contributed by atoms with van der Waals surface area (Å²) in [5, 5.41) is 0.826. The fourth-order valence-electron chi connectivity index (χ4n) is 2.55. The van der Waals surface area contributed by atoms with Crippen molar-refractivity contribution in [2.24, 2.45) is 0 Å². The molecular weight excluding hydrogens is 281 g/mol. The number of rotatable bonds is 2. The van der Waals surface area contributed by atoms with Crippen LogP contribution in [0.4, 0.5) is 0 Å². The van der Waals surface area contributed by atoms with Crippen LogP contribution in [0.5, 0.6) is 0 Å². The Labute approximate surface area is 130 Å². The Kier molecular flexibility index (Phi) is 3.34. The minimum absolute atomic E-state index is 0.352. The van der Waals surface area contributed by atoms with E-state index in [4.69, 9.17) is 14.0 Å². The Hall–Kier alpha value is -1.79. The van der Waals surface area contributed by atoms with E-state index in [-0.39, 0.29) is 17.2 Å². The number of ether oxygens (including phenoxy) is 1. The van der Waals surface area contributed by atoms with Gasteiger partial charge in [0, 0.05) is 17.1 Å². The molecule has 0 radical (unpaired) electrons. The lowest BCUT2D eigenvalue weighted by molar-refractivity contribution is 0.00578. The Bertz CT molecular complexity index is 719. The van der Waals surface area contributed by atoms with Gasteiger partial charge in [-0.1, -0.05) is 12.1 Å². The fourth-order valence-corrected chi connectivity index (χ4v) is 2.55. The van der Waals surface area contributed by atoms with E-state index in [9.17, 15) is 4.79 Å². The predicted octanol–water partition coefficient (Wildman–Crippen LogP) is 2.25. The summed E-state index contributed by atoms with van der Waals surface area (Å²) in [4.78, 5) is 14.8. The SMILES string of the molecule is COC(=O)c1c[nH]c2cc(B3OC(C)(C)C(C)(C)O3)ccc12. The quantitative estimate of drug-likeness (QED) is 0.683. The van der Waals surface area contributed by atoms with Gasteiger partial charge in [-0.3, -0.25) is 0 Å². The van der Waals surface area contributed by atoms with Gasteiger partial charge in [-0.2, -0.15) is 0 Å². The molecular formula is C16H20BNO4. The van der Waals surface area contributed by atoms with Crippen molar-refractivity contribution in [3.05, 3.63) is 30.0 Å². The summed E-state index contributed by atoms with van der Waals surface area (Å²) >= 11 is 0. The smallest absolute Gasteiger partial charge is 0.465 e. The highest BCUT2D eigenvalue weighted by atomic mass is 16.7. The van der Waals surface area contributed by atoms with Crippen LogP contribution in [-0.4, -0.2) is 36.4 Å². The van der Waals surface area contributed by atoms with E-state index >= 15 is 0 Å². The van der Waals surface area contributed by atoms with Crippen molar-refractivity contribution < 1.29 is 18.8 Å². The van der Waals surface area contributed by atoms with Crippen LogP contribution in [0.3, 0.4) is 0 Å². The summed E-state index contributed by atoms with van der Waals surface area (Å²) in [5.41, 5.74) is 1.55. The van der Waals surface area contributed by atoms with Gasteiger partial charge in [0.15, 0.2) is 0 Å². The van der Waals surface area contributed by atoms with Crippen LogP contribution in [0.15, 0.2) is 24.4 Å². The molecule has 0 saturated carbocycles. The molecule has 6 heteroatoms. The van der Waals surface area contributed by atoms with Gasteiger partial charge in [0.25, 0.3) is 0 Å². The van der Waals surface area contributed by atoms with Crippen molar-refractivity contribution in [3.63, 3.8) is 0 Å². The molecule has 5 nitrogen and oxygen atoms in total. The number of hydrogen-bond acceptors (Lipinski definition) is 4. The maximum atomic E-state index is 11.7. The van der Waals surface area contributed by atoms with Gasteiger partial charge in [-0.15, -0.1) is 0 Å². The topological polar surface area (TPSA) is 60.6 Å². The van der Waals surface area contributed by atoms with Gasteiger partial charge in [0.05, 0.1) is 23.9 Å². The lowest BCUT2D eigenvalue weighted by atomic mass is 9.79. The third-order valence-electron chi connectivity index (χ3n) is 4.64. The summed E-state index contributed by atoms with van der Waals surface area (Å²) in [6.45, 7) is 8.09. The van der Waals surface area contributed by atoms with Gasteiger partial charge in [0.1, 0.15) is 0 Å². The van der Waals surface area contributed by atoms with E-state index in [0.29, 0.717) is 5.56 Å². The highest BCUT2D eigenvalue weighted by Gasteiger charge is 2.51. The molecule has 0 aliphatic carbocycles. The van der Waals surface area contributed by atoms with Crippen LogP contribution in [0.25, 0.3) is 10.9 Å². The molecule has 1 aliphatic heterocycles. The summed E-state index contributed by atoms with van der Waals surface area (Å²) < 4.78 is 16.9. The number of methoxy groups -OCH3 is 1. The first-order valence-corrected chi connectivity index (χ1v) is 7.30. The lowest BCUT2D eigenvalue weighted by Gasteiger charge is -2.32. The molecule has 2 heterocycles. The third kappa shape index (κ3) is 2.23. The molecule has 1 aromatic heterocycles. The molecule has 1 aromatic carbocycles. The molecule has 1 aliphatic rings. The van der Waals surface area contributed by atoms with Crippen molar-refractivity contribution in [2.75, 3.05) is 7.11 Å². The Morgan fingerprint density at radius 2 is 1.82 bits per heavy atom. The van der Waals surface area contributed by atoms with Gasteiger partial charge in [-0.05, 0) is 39.2 Å². The normalized spacial score (nSPS) is 19.6. The van der Waals surface area contributed by atoms with Gasteiger partial charge in [-0.25, -0.2) is 4.79 Å². The van der Waals surface area contributed by atoms with E-state index in [2.05, 4.69) is 4.98 Å². The molecule has 0 amide bonds. The first-order valence-electron chi connectivity index (χ1n) is 7.30.